The average Bonchev–Trinajstić information content (AvgIpc) is 3.77. The summed E-state index contributed by atoms with van der Waals surface area (Å²) in [6.07, 6.45) is 0. The minimum absolute atomic E-state index is 1.18. The van der Waals surface area contributed by atoms with E-state index in [0.29, 0.717) is 0 Å². The smallest absolute Gasteiger partial charge is 0.0640 e. The van der Waals surface area contributed by atoms with Gasteiger partial charge in [0, 0.05) is 56.8 Å². The Morgan fingerprint density at radius 3 is 1.91 bits per heavy atom. The van der Waals surface area contributed by atoms with Gasteiger partial charge in [0.2, 0.25) is 0 Å². The molecule has 210 valence electrons. The van der Waals surface area contributed by atoms with Crippen molar-refractivity contribution < 1.29 is 0 Å². The second kappa shape index (κ2) is 9.64. The first-order valence-electron chi connectivity index (χ1n) is 15.3. The third kappa shape index (κ3) is 3.72. The van der Waals surface area contributed by atoms with E-state index >= 15 is 0 Å². The molecule has 0 spiro atoms. The fraction of sp³-hybridized carbons (Fsp3) is 0. The van der Waals surface area contributed by atoms with E-state index in [-0.39, 0.29) is 0 Å². The maximum Gasteiger partial charge on any atom is 0.0640 e. The summed E-state index contributed by atoms with van der Waals surface area (Å²) in [7, 11) is 0. The SMILES string of the molecule is c1ccc(-c2cccc(-n3c4ccccc4c4c(-c5ccc6sc7ccccc7c6c5)cc5sc6ccccc6c5c43)c2)cc1. The first-order valence-corrected chi connectivity index (χ1v) is 16.9. The molecular weight excluding hydrogens is 583 g/mol. The van der Waals surface area contributed by atoms with Crippen LogP contribution in [0.3, 0.4) is 0 Å². The summed E-state index contributed by atoms with van der Waals surface area (Å²) in [6, 6.07) is 55.8. The summed E-state index contributed by atoms with van der Waals surface area (Å²) in [4.78, 5) is 0. The zero-order valence-corrected chi connectivity index (χ0v) is 25.8. The van der Waals surface area contributed by atoms with Crippen molar-refractivity contribution in [3.8, 4) is 27.9 Å². The Morgan fingerprint density at radius 2 is 1.04 bits per heavy atom. The number of nitrogens with zero attached hydrogens (tertiary/aromatic N) is 1. The van der Waals surface area contributed by atoms with Crippen LogP contribution in [0.25, 0.3) is 90.1 Å². The highest BCUT2D eigenvalue weighted by atomic mass is 32.1. The summed E-state index contributed by atoms with van der Waals surface area (Å²) in [5.74, 6) is 0. The van der Waals surface area contributed by atoms with Gasteiger partial charge < -0.3 is 4.57 Å². The molecule has 7 aromatic carbocycles. The van der Waals surface area contributed by atoms with Gasteiger partial charge in [0.05, 0.1) is 11.0 Å². The van der Waals surface area contributed by atoms with Crippen LogP contribution in [0.1, 0.15) is 0 Å². The Hall–Kier alpha value is -5.22. The number of benzene rings is 7. The minimum Gasteiger partial charge on any atom is -0.309 e. The van der Waals surface area contributed by atoms with Gasteiger partial charge in [0.1, 0.15) is 0 Å². The Morgan fingerprint density at radius 1 is 0.378 bits per heavy atom. The standard InChI is InChI=1S/C42H25NS2/c1-2-11-26(12-3-1)27-13-10-14-29(23-27)43-35-18-7-4-16-31(35)40-33(25-39-41(42(40)43)32-17-6-9-20-37(32)45-39)28-21-22-38-34(24-28)30-15-5-8-19-36(30)44-38/h1-25H. The van der Waals surface area contributed by atoms with Crippen LogP contribution in [-0.4, -0.2) is 4.57 Å². The molecule has 0 unspecified atom stereocenters. The number of hydrogen-bond donors (Lipinski definition) is 0. The van der Waals surface area contributed by atoms with Gasteiger partial charge in [0.25, 0.3) is 0 Å². The molecule has 3 heteroatoms. The van der Waals surface area contributed by atoms with Crippen molar-refractivity contribution in [1.82, 2.24) is 4.57 Å². The van der Waals surface area contributed by atoms with Gasteiger partial charge in [0.15, 0.2) is 0 Å². The maximum atomic E-state index is 2.51. The van der Waals surface area contributed by atoms with Crippen LogP contribution in [0.5, 0.6) is 0 Å². The van der Waals surface area contributed by atoms with Crippen LogP contribution in [0.15, 0.2) is 152 Å². The van der Waals surface area contributed by atoms with Crippen LogP contribution >= 0.6 is 22.7 Å². The quantitative estimate of drug-likeness (QED) is 0.188. The highest BCUT2D eigenvalue weighted by Crippen LogP contribution is 2.48. The third-order valence-corrected chi connectivity index (χ3v) is 11.4. The van der Waals surface area contributed by atoms with Crippen molar-refractivity contribution in [3.05, 3.63) is 152 Å². The van der Waals surface area contributed by atoms with Crippen molar-refractivity contribution in [2.24, 2.45) is 0 Å². The number of fused-ring (bicyclic) bond motifs is 10. The average molecular weight is 608 g/mol. The van der Waals surface area contributed by atoms with Crippen molar-refractivity contribution in [2.75, 3.05) is 0 Å². The molecule has 0 radical (unpaired) electrons. The van der Waals surface area contributed by atoms with E-state index in [0.717, 1.165) is 0 Å². The molecule has 0 aliphatic rings. The zero-order chi connectivity index (χ0) is 29.5. The number of hydrogen-bond acceptors (Lipinski definition) is 2. The molecule has 0 amide bonds. The number of rotatable bonds is 3. The largest absolute Gasteiger partial charge is 0.309 e. The number of aromatic nitrogens is 1. The van der Waals surface area contributed by atoms with Gasteiger partial charge in [-0.15, -0.1) is 22.7 Å². The predicted molar refractivity (Wildman–Crippen MR) is 197 cm³/mol. The summed E-state index contributed by atoms with van der Waals surface area (Å²) >= 11 is 3.77. The second-order valence-corrected chi connectivity index (χ2v) is 13.9. The summed E-state index contributed by atoms with van der Waals surface area (Å²) in [5, 5.41) is 7.90. The predicted octanol–water partition coefficient (Wildman–Crippen LogP) is 12.9. The molecule has 0 aliphatic carbocycles. The summed E-state index contributed by atoms with van der Waals surface area (Å²) in [5.41, 5.74) is 8.67. The minimum atomic E-state index is 1.18. The number of para-hydroxylation sites is 1. The lowest BCUT2D eigenvalue weighted by Gasteiger charge is -2.13. The Balaban J connectivity index is 1.37. The third-order valence-electron chi connectivity index (χ3n) is 9.18. The fourth-order valence-corrected chi connectivity index (χ4v) is 9.44. The molecule has 3 heterocycles. The van der Waals surface area contributed by atoms with E-state index in [1.165, 1.54) is 90.1 Å². The van der Waals surface area contributed by atoms with Gasteiger partial charge in [-0.2, -0.15) is 0 Å². The van der Waals surface area contributed by atoms with E-state index in [1.54, 1.807) is 0 Å². The van der Waals surface area contributed by atoms with Gasteiger partial charge >= 0.3 is 0 Å². The maximum absolute atomic E-state index is 2.51. The van der Waals surface area contributed by atoms with E-state index < -0.39 is 0 Å². The summed E-state index contributed by atoms with van der Waals surface area (Å²) in [6.45, 7) is 0. The lowest BCUT2D eigenvalue weighted by atomic mass is 9.96. The Kier molecular flexibility index (Phi) is 5.39. The van der Waals surface area contributed by atoms with E-state index in [4.69, 9.17) is 0 Å². The highest BCUT2D eigenvalue weighted by Gasteiger charge is 2.22. The van der Waals surface area contributed by atoms with Gasteiger partial charge in [-0.1, -0.05) is 103 Å². The van der Waals surface area contributed by atoms with Crippen LogP contribution < -0.4 is 0 Å². The fourth-order valence-electron chi connectivity index (χ4n) is 7.21. The molecule has 1 nitrogen and oxygen atoms in total. The molecule has 0 bridgehead atoms. The lowest BCUT2D eigenvalue weighted by Crippen LogP contribution is -1.95. The molecule has 0 fully saturated rings. The van der Waals surface area contributed by atoms with Crippen molar-refractivity contribution in [3.63, 3.8) is 0 Å². The van der Waals surface area contributed by atoms with E-state index in [2.05, 4.69) is 156 Å². The molecule has 0 saturated heterocycles. The molecule has 0 atom stereocenters. The van der Waals surface area contributed by atoms with Crippen molar-refractivity contribution in [1.29, 1.82) is 0 Å². The van der Waals surface area contributed by atoms with Crippen LogP contribution in [0.4, 0.5) is 0 Å². The highest BCUT2D eigenvalue weighted by molar-refractivity contribution is 7.26. The molecule has 0 aliphatic heterocycles. The molecule has 3 aromatic heterocycles. The molecule has 0 saturated carbocycles. The molecule has 10 rings (SSSR count). The van der Waals surface area contributed by atoms with Crippen LogP contribution in [0.2, 0.25) is 0 Å². The first kappa shape index (κ1) is 25.1. The van der Waals surface area contributed by atoms with E-state index in [1.807, 2.05) is 22.7 Å². The second-order valence-electron chi connectivity index (χ2n) is 11.7. The van der Waals surface area contributed by atoms with Crippen LogP contribution in [-0.2, 0) is 0 Å². The van der Waals surface area contributed by atoms with Gasteiger partial charge in [-0.25, -0.2) is 0 Å². The van der Waals surface area contributed by atoms with E-state index in [9.17, 15) is 0 Å². The molecular formula is C42H25NS2. The summed E-state index contributed by atoms with van der Waals surface area (Å²) < 4.78 is 7.82. The topological polar surface area (TPSA) is 4.93 Å². The van der Waals surface area contributed by atoms with Crippen molar-refractivity contribution in [2.45, 2.75) is 0 Å². The Labute approximate surface area is 267 Å². The van der Waals surface area contributed by atoms with Crippen molar-refractivity contribution >= 4 is 84.8 Å². The lowest BCUT2D eigenvalue weighted by molar-refractivity contribution is 1.19. The monoisotopic (exact) mass is 607 g/mol. The first-order chi connectivity index (χ1) is 22.3. The Bertz CT molecular complexity index is 2760. The molecule has 10 aromatic rings. The molecule has 45 heavy (non-hydrogen) atoms. The number of thiophene rings is 2. The van der Waals surface area contributed by atoms with Crippen LogP contribution in [0, 0.1) is 0 Å². The normalized spacial score (nSPS) is 12.0. The molecule has 0 N–H and O–H groups in total. The zero-order valence-electron chi connectivity index (χ0n) is 24.2. The van der Waals surface area contributed by atoms with Gasteiger partial charge in [-0.3, -0.25) is 0 Å². The van der Waals surface area contributed by atoms with Gasteiger partial charge in [-0.05, 0) is 70.8 Å².